The number of methoxy groups -OCH3 is 1. The molecule has 0 amide bonds. The van der Waals surface area contributed by atoms with E-state index in [0.717, 1.165) is 58.9 Å². The van der Waals surface area contributed by atoms with Crippen molar-refractivity contribution in [1.82, 2.24) is 9.78 Å². The van der Waals surface area contributed by atoms with Crippen molar-refractivity contribution in [3.05, 3.63) is 62.2 Å². The maximum absolute atomic E-state index is 12.5. The van der Waals surface area contributed by atoms with E-state index in [1.54, 1.807) is 11.3 Å². The van der Waals surface area contributed by atoms with E-state index in [-0.39, 0.29) is 5.97 Å². The minimum absolute atomic E-state index is 0.321. The zero-order valence-electron chi connectivity index (χ0n) is 18.3. The highest BCUT2D eigenvalue weighted by molar-refractivity contribution is 7.80. The summed E-state index contributed by atoms with van der Waals surface area (Å²) in [7, 11) is 1.41. The van der Waals surface area contributed by atoms with Crippen molar-refractivity contribution >= 4 is 56.9 Å². The van der Waals surface area contributed by atoms with Crippen molar-refractivity contribution in [2.24, 2.45) is 0 Å². The van der Waals surface area contributed by atoms with E-state index in [0.29, 0.717) is 22.2 Å². The Hall–Kier alpha value is -2.42. The number of nitrogens with zero attached hydrogens (tertiary/aromatic N) is 2. The maximum atomic E-state index is 12.5. The van der Waals surface area contributed by atoms with Gasteiger partial charge >= 0.3 is 5.97 Å². The van der Waals surface area contributed by atoms with Gasteiger partial charge in [0.25, 0.3) is 0 Å². The summed E-state index contributed by atoms with van der Waals surface area (Å²) in [6.07, 6.45) is 4.11. The van der Waals surface area contributed by atoms with Gasteiger partial charge in [-0.25, -0.2) is 4.79 Å². The van der Waals surface area contributed by atoms with Crippen molar-refractivity contribution in [3.63, 3.8) is 0 Å². The molecule has 0 radical (unpaired) electrons. The van der Waals surface area contributed by atoms with Crippen LogP contribution in [-0.4, -0.2) is 28.0 Å². The van der Waals surface area contributed by atoms with E-state index in [4.69, 9.17) is 28.6 Å². The molecule has 32 heavy (non-hydrogen) atoms. The van der Waals surface area contributed by atoms with Gasteiger partial charge in [-0.3, -0.25) is 4.68 Å². The molecule has 1 aliphatic carbocycles. The predicted octanol–water partition coefficient (Wildman–Crippen LogP) is 5.74. The number of fused-ring (bicyclic) bond motifs is 1. The van der Waals surface area contributed by atoms with Crippen LogP contribution in [0.1, 0.15) is 50.6 Å². The zero-order chi connectivity index (χ0) is 22.8. The first-order chi connectivity index (χ1) is 15.4. The summed E-state index contributed by atoms with van der Waals surface area (Å²) in [5.41, 5.74) is 5.50. The highest BCUT2D eigenvalue weighted by atomic mass is 35.5. The van der Waals surface area contributed by atoms with Gasteiger partial charge in [-0.2, -0.15) is 5.10 Å². The average molecular weight is 489 g/mol. The first-order valence-corrected chi connectivity index (χ1v) is 12.1. The van der Waals surface area contributed by atoms with E-state index in [1.165, 1.54) is 12.0 Å². The number of benzene rings is 1. The lowest BCUT2D eigenvalue weighted by atomic mass is 9.95. The number of thiocarbonyl (C=S) groups is 1. The van der Waals surface area contributed by atoms with Crippen LogP contribution in [0.4, 0.5) is 10.7 Å². The van der Waals surface area contributed by atoms with Crippen LogP contribution in [0.5, 0.6) is 0 Å². The van der Waals surface area contributed by atoms with Crippen LogP contribution < -0.4 is 10.6 Å². The highest BCUT2D eigenvalue weighted by Gasteiger charge is 2.26. The van der Waals surface area contributed by atoms with Crippen LogP contribution in [-0.2, 0) is 24.1 Å². The number of halogens is 1. The molecule has 0 unspecified atom stereocenters. The third-order valence-electron chi connectivity index (χ3n) is 5.65. The van der Waals surface area contributed by atoms with Crippen LogP contribution in [0.25, 0.3) is 0 Å². The molecule has 2 N–H and O–H groups in total. The number of aryl methyl sites for hydroxylation is 2. The fourth-order valence-electron chi connectivity index (χ4n) is 4.01. The lowest BCUT2D eigenvalue weighted by molar-refractivity contribution is 0.0601. The molecule has 6 nitrogen and oxygen atoms in total. The molecule has 0 saturated carbocycles. The Morgan fingerprint density at radius 3 is 2.66 bits per heavy atom. The second-order valence-electron chi connectivity index (χ2n) is 7.82. The second kappa shape index (κ2) is 9.60. The molecule has 0 aliphatic heterocycles. The van der Waals surface area contributed by atoms with Crippen LogP contribution in [0.2, 0.25) is 5.02 Å². The molecule has 0 bridgehead atoms. The summed E-state index contributed by atoms with van der Waals surface area (Å²) in [5, 5.41) is 13.1. The van der Waals surface area contributed by atoms with Gasteiger partial charge in [0, 0.05) is 9.90 Å². The van der Waals surface area contributed by atoms with Gasteiger partial charge in [-0.15, -0.1) is 11.3 Å². The van der Waals surface area contributed by atoms with Crippen LogP contribution in [0.15, 0.2) is 24.3 Å². The van der Waals surface area contributed by atoms with E-state index in [9.17, 15) is 4.79 Å². The minimum Gasteiger partial charge on any atom is -0.465 e. The Labute approximate surface area is 201 Å². The molecule has 168 valence electrons. The molecule has 0 saturated heterocycles. The van der Waals surface area contributed by atoms with E-state index < -0.39 is 0 Å². The number of thiophene rings is 1. The average Bonchev–Trinajstić information content (AvgIpc) is 3.26. The molecule has 2 heterocycles. The molecule has 0 atom stereocenters. The van der Waals surface area contributed by atoms with Crippen molar-refractivity contribution in [2.75, 3.05) is 17.7 Å². The van der Waals surface area contributed by atoms with Crippen molar-refractivity contribution in [1.29, 1.82) is 0 Å². The van der Waals surface area contributed by atoms with Crippen molar-refractivity contribution < 1.29 is 9.53 Å². The van der Waals surface area contributed by atoms with E-state index in [1.807, 2.05) is 42.8 Å². The first kappa shape index (κ1) is 22.8. The zero-order valence-corrected chi connectivity index (χ0v) is 20.6. The Kier molecular flexibility index (Phi) is 6.83. The fraction of sp³-hybridized carbons (Fsp3) is 0.348. The van der Waals surface area contributed by atoms with Crippen LogP contribution in [0, 0.1) is 13.8 Å². The molecule has 9 heteroatoms. The largest absolute Gasteiger partial charge is 0.465 e. The third-order valence-corrected chi connectivity index (χ3v) is 7.32. The molecule has 1 aliphatic rings. The minimum atomic E-state index is -0.321. The third kappa shape index (κ3) is 4.67. The maximum Gasteiger partial charge on any atom is 0.341 e. The lowest BCUT2D eigenvalue weighted by Crippen LogP contribution is -2.21. The summed E-state index contributed by atoms with van der Waals surface area (Å²) in [5.74, 6) is -0.321. The number of hydrogen-bond acceptors (Lipinski definition) is 5. The van der Waals surface area contributed by atoms with E-state index in [2.05, 4.69) is 15.7 Å². The standard InChI is InChI=1S/C23H25ClN4O2S2/c1-13-20(14(2)28(27-13)12-15-8-10-16(24)11-9-15)25-23(31)26-21-19(22(29)30-3)17-6-4-5-7-18(17)32-21/h8-11H,4-7,12H2,1-3H3,(H2,25,26,31). The van der Waals surface area contributed by atoms with Gasteiger partial charge in [0.1, 0.15) is 5.00 Å². The van der Waals surface area contributed by atoms with Gasteiger partial charge in [0.15, 0.2) is 5.11 Å². The van der Waals surface area contributed by atoms with Crippen molar-refractivity contribution in [3.8, 4) is 0 Å². The second-order valence-corrected chi connectivity index (χ2v) is 9.77. The molecule has 0 fully saturated rings. The Bertz CT molecular complexity index is 1170. The fourth-order valence-corrected chi connectivity index (χ4v) is 5.69. The Morgan fingerprint density at radius 2 is 1.94 bits per heavy atom. The number of ether oxygens (including phenoxy) is 1. The summed E-state index contributed by atoms with van der Waals surface area (Å²) in [4.78, 5) is 13.7. The molecule has 3 aromatic rings. The quantitative estimate of drug-likeness (QED) is 0.352. The molecule has 1 aromatic carbocycles. The van der Waals surface area contributed by atoms with Gasteiger partial charge in [-0.1, -0.05) is 23.7 Å². The lowest BCUT2D eigenvalue weighted by Gasteiger charge is -2.13. The van der Waals surface area contributed by atoms with Gasteiger partial charge in [0.05, 0.1) is 36.3 Å². The van der Waals surface area contributed by atoms with Crippen molar-refractivity contribution in [2.45, 2.75) is 46.1 Å². The number of esters is 1. The van der Waals surface area contributed by atoms with Gasteiger partial charge < -0.3 is 15.4 Å². The number of hydrogen-bond donors (Lipinski definition) is 2. The van der Waals surface area contributed by atoms with Gasteiger partial charge in [0.2, 0.25) is 0 Å². The number of aromatic nitrogens is 2. The smallest absolute Gasteiger partial charge is 0.341 e. The Balaban J connectivity index is 1.53. The number of anilines is 2. The predicted molar refractivity (Wildman–Crippen MR) is 134 cm³/mol. The Morgan fingerprint density at radius 1 is 1.22 bits per heavy atom. The number of nitrogens with one attached hydrogen (secondary N) is 2. The first-order valence-electron chi connectivity index (χ1n) is 10.5. The summed E-state index contributed by atoms with van der Waals surface area (Å²) < 4.78 is 6.99. The summed E-state index contributed by atoms with van der Waals surface area (Å²) in [6.45, 7) is 4.58. The number of carbonyl (C=O) groups is 1. The number of carbonyl (C=O) groups excluding carboxylic acids is 1. The normalized spacial score (nSPS) is 12.9. The molecule has 2 aromatic heterocycles. The topological polar surface area (TPSA) is 68.2 Å². The molecular weight excluding hydrogens is 464 g/mol. The molecule has 0 spiro atoms. The monoisotopic (exact) mass is 488 g/mol. The number of rotatable bonds is 5. The summed E-state index contributed by atoms with van der Waals surface area (Å²) >= 11 is 13.2. The SMILES string of the molecule is COC(=O)c1c(NC(=S)Nc2c(C)nn(Cc3ccc(Cl)cc3)c2C)sc2c1CCCC2. The van der Waals surface area contributed by atoms with Crippen LogP contribution in [0.3, 0.4) is 0 Å². The van der Waals surface area contributed by atoms with E-state index >= 15 is 0 Å². The van der Waals surface area contributed by atoms with Crippen LogP contribution >= 0.6 is 35.2 Å². The highest BCUT2D eigenvalue weighted by Crippen LogP contribution is 2.38. The molecular formula is C23H25ClN4O2S2. The summed E-state index contributed by atoms with van der Waals surface area (Å²) in [6, 6.07) is 7.73. The molecule has 4 rings (SSSR count). The van der Waals surface area contributed by atoms with Gasteiger partial charge in [-0.05, 0) is 75.0 Å².